The number of alkyl halides is 3. The molecule has 14 heteroatoms. The van der Waals surface area contributed by atoms with E-state index in [0.717, 1.165) is 71.7 Å². The number of aliphatic carboxylic acids is 1. The smallest absolute Gasteiger partial charge is 0.475 e. The third kappa shape index (κ3) is 7.12. The average molecular weight is 643 g/mol. The van der Waals surface area contributed by atoms with Crippen molar-refractivity contribution in [2.24, 2.45) is 0 Å². The Kier molecular flexibility index (Phi) is 8.93. The summed E-state index contributed by atoms with van der Waals surface area (Å²) in [7, 11) is 0. The van der Waals surface area contributed by atoms with Crippen LogP contribution < -0.4 is 5.69 Å². The minimum absolute atomic E-state index is 0.0139. The fraction of sp³-hybridized carbons (Fsp3) is 0.212. The average Bonchev–Trinajstić information content (AvgIpc) is 3.74. The van der Waals surface area contributed by atoms with Crippen molar-refractivity contribution in [3.05, 3.63) is 107 Å². The zero-order chi connectivity index (χ0) is 33.0. The van der Waals surface area contributed by atoms with E-state index in [1.54, 1.807) is 6.20 Å². The van der Waals surface area contributed by atoms with Crippen molar-refractivity contribution in [3.8, 4) is 34.0 Å². The topological polar surface area (TPSA) is 146 Å². The molecule has 0 spiro atoms. The van der Waals surface area contributed by atoms with Gasteiger partial charge in [0.1, 0.15) is 17.1 Å². The van der Waals surface area contributed by atoms with Crippen molar-refractivity contribution >= 4 is 17.0 Å². The summed E-state index contributed by atoms with van der Waals surface area (Å²) in [5.74, 6) is -2.25. The number of H-pyrrole nitrogens is 2. The van der Waals surface area contributed by atoms with Crippen LogP contribution in [0.4, 0.5) is 13.2 Å². The highest BCUT2D eigenvalue weighted by Crippen LogP contribution is 2.31. The monoisotopic (exact) mass is 642 g/mol. The molecule has 6 aromatic rings. The normalized spacial score (nSPS) is 14.1. The molecule has 0 unspecified atom stereocenters. The second-order valence-corrected chi connectivity index (χ2v) is 11.0. The quantitative estimate of drug-likeness (QED) is 0.210. The summed E-state index contributed by atoms with van der Waals surface area (Å²) in [5, 5.41) is 23.0. The van der Waals surface area contributed by atoms with Crippen LogP contribution in [-0.4, -0.2) is 70.2 Å². The number of halogens is 3. The third-order valence-electron chi connectivity index (χ3n) is 7.90. The maximum Gasteiger partial charge on any atom is 0.490 e. The third-order valence-corrected chi connectivity index (χ3v) is 7.90. The van der Waals surface area contributed by atoms with E-state index in [0.29, 0.717) is 5.82 Å². The van der Waals surface area contributed by atoms with E-state index in [2.05, 4.69) is 54.5 Å². The van der Waals surface area contributed by atoms with E-state index in [1.165, 1.54) is 5.56 Å². The summed E-state index contributed by atoms with van der Waals surface area (Å²) in [6.45, 7) is 2.75. The number of piperidine rings is 1. The summed E-state index contributed by atoms with van der Waals surface area (Å²) in [5.41, 5.74) is 7.32. The number of hydrogen-bond acceptors (Lipinski definition) is 7. The van der Waals surface area contributed by atoms with Gasteiger partial charge in [0, 0.05) is 43.0 Å². The van der Waals surface area contributed by atoms with Crippen molar-refractivity contribution in [2.75, 3.05) is 13.1 Å². The number of benzene rings is 3. The highest BCUT2D eigenvalue weighted by atomic mass is 19.4. The molecule has 4 heterocycles. The fourth-order valence-corrected chi connectivity index (χ4v) is 5.61. The van der Waals surface area contributed by atoms with Gasteiger partial charge in [-0.15, -0.1) is 10.2 Å². The van der Waals surface area contributed by atoms with Gasteiger partial charge >= 0.3 is 17.8 Å². The highest BCUT2D eigenvalue weighted by Gasteiger charge is 2.38. The van der Waals surface area contributed by atoms with Gasteiger partial charge in [0.15, 0.2) is 5.82 Å². The molecular formula is C33H29F3N8O3. The van der Waals surface area contributed by atoms with Crippen molar-refractivity contribution < 1.29 is 23.1 Å². The van der Waals surface area contributed by atoms with Gasteiger partial charge in [0.25, 0.3) is 0 Å². The SMILES string of the molecule is O=C(O)C(F)(F)F.O=c1[nH]c2ccccc2n1C1CCN(Cc2ccc(-c3nc(-c4ccn[nH]4)nnc3-c3ccccc3)cc2)CC1. The van der Waals surface area contributed by atoms with Crippen molar-refractivity contribution in [1.29, 1.82) is 0 Å². The summed E-state index contributed by atoms with van der Waals surface area (Å²) >= 11 is 0. The van der Waals surface area contributed by atoms with E-state index in [4.69, 9.17) is 14.9 Å². The molecule has 0 aliphatic carbocycles. The molecule has 11 nitrogen and oxygen atoms in total. The zero-order valence-corrected chi connectivity index (χ0v) is 24.9. The van der Waals surface area contributed by atoms with Crippen LogP contribution >= 0.6 is 0 Å². The number of hydrogen-bond donors (Lipinski definition) is 3. The lowest BCUT2D eigenvalue weighted by atomic mass is 10.0. The van der Waals surface area contributed by atoms with Crippen LogP contribution in [0.2, 0.25) is 0 Å². The molecule has 7 rings (SSSR count). The second kappa shape index (κ2) is 13.4. The zero-order valence-electron chi connectivity index (χ0n) is 24.9. The van der Waals surface area contributed by atoms with Gasteiger partial charge in [-0.2, -0.15) is 18.3 Å². The van der Waals surface area contributed by atoms with Crippen LogP contribution in [0.25, 0.3) is 45.1 Å². The Morgan fingerprint density at radius 1 is 0.872 bits per heavy atom. The Morgan fingerprint density at radius 2 is 1.53 bits per heavy atom. The van der Waals surface area contributed by atoms with E-state index in [-0.39, 0.29) is 11.7 Å². The van der Waals surface area contributed by atoms with Crippen molar-refractivity contribution in [3.63, 3.8) is 0 Å². The van der Waals surface area contributed by atoms with Crippen molar-refractivity contribution in [1.82, 2.24) is 39.8 Å². The van der Waals surface area contributed by atoms with Gasteiger partial charge in [-0.25, -0.2) is 14.6 Å². The summed E-state index contributed by atoms with van der Waals surface area (Å²) in [4.78, 5) is 31.9. The number of aromatic nitrogens is 7. The Morgan fingerprint density at radius 3 is 2.19 bits per heavy atom. The number of carboxylic acids is 1. The van der Waals surface area contributed by atoms with Crippen LogP contribution in [0.1, 0.15) is 24.4 Å². The molecule has 1 saturated heterocycles. The largest absolute Gasteiger partial charge is 0.490 e. The fourth-order valence-electron chi connectivity index (χ4n) is 5.61. The predicted octanol–water partition coefficient (Wildman–Crippen LogP) is 5.71. The maximum absolute atomic E-state index is 12.6. The molecule has 1 fully saturated rings. The number of fused-ring (bicyclic) bond motifs is 1. The summed E-state index contributed by atoms with van der Waals surface area (Å²) in [6.07, 6.45) is -1.51. The van der Waals surface area contributed by atoms with Crippen LogP contribution in [-0.2, 0) is 11.3 Å². The van der Waals surface area contributed by atoms with Crippen LogP contribution in [0.5, 0.6) is 0 Å². The summed E-state index contributed by atoms with van der Waals surface area (Å²) < 4.78 is 33.7. The number of imidazole rings is 1. The first kappa shape index (κ1) is 31.4. The van der Waals surface area contributed by atoms with Crippen molar-refractivity contribution in [2.45, 2.75) is 31.6 Å². The van der Waals surface area contributed by atoms with Gasteiger partial charge < -0.3 is 10.1 Å². The molecule has 3 aromatic carbocycles. The number of nitrogens with zero attached hydrogens (tertiary/aromatic N) is 6. The molecule has 3 N–H and O–H groups in total. The minimum atomic E-state index is -5.08. The lowest BCUT2D eigenvalue weighted by molar-refractivity contribution is -0.192. The molecule has 0 saturated carbocycles. The molecule has 0 bridgehead atoms. The molecule has 47 heavy (non-hydrogen) atoms. The van der Waals surface area contributed by atoms with E-state index < -0.39 is 12.1 Å². The minimum Gasteiger partial charge on any atom is -0.475 e. The van der Waals surface area contributed by atoms with E-state index >= 15 is 0 Å². The molecule has 3 aromatic heterocycles. The second-order valence-electron chi connectivity index (χ2n) is 11.0. The molecule has 0 atom stereocenters. The Hall–Kier alpha value is -5.63. The molecule has 1 aliphatic rings. The Labute approximate surface area is 265 Å². The number of aromatic amines is 2. The lowest BCUT2D eigenvalue weighted by Gasteiger charge is -2.32. The predicted molar refractivity (Wildman–Crippen MR) is 168 cm³/mol. The Bertz CT molecular complexity index is 2020. The number of likely N-dealkylation sites (tertiary alicyclic amines) is 1. The lowest BCUT2D eigenvalue weighted by Crippen LogP contribution is -2.36. The van der Waals surface area contributed by atoms with Gasteiger partial charge in [0.05, 0.1) is 11.0 Å². The van der Waals surface area contributed by atoms with Crippen LogP contribution in [0.15, 0.2) is 95.9 Å². The first-order chi connectivity index (χ1) is 22.7. The number of para-hydroxylation sites is 2. The van der Waals surface area contributed by atoms with Gasteiger partial charge in [0.2, 0.25) is 0 Å². The van der Waals surface area contributed by atoms with Gasteiger partial charge in [-0.3, -0.25) is 14.6 Å². The van der Waals surface area contributed by atoms with Gasteiger partial charge in [-0.1, -0.05) is 66.7 Å². The Balaban J connectivity index is 0.000000499. The molecule has 240 valence electrons. The van der Waals surface area contributed by atoms with E-state index in [9.17, 15) is 18.0 Å². The summed E-state index contributed by atoms with van der Waals surface area (Å²) in [6, 6.07) is 28.5. The van der Waals surface area contributed by atoms with Crippen LogP contribution in [0.3, 0.4) is 0 Å². The number of carbonyl (C=O) groups is 1. The molecular weight excluding hydrogens is 613 g/mol. The molecule has 1 aliphatic heterocycles. The number of nitrogens with one attached hydrogen (secondary N) is 2. The standard InChI is InChI=1S/C31H28N8O.C2HF3O2/c40-31-33-25-8-4-5-9-27(25)39(31)24-15-18-38(19-16-24)20-21-10-12-23(13-11-21)28-29(22-6-2-1-3-7-22)36-37-30(34-28)26-14-17-32-35-26;3-2(4,5)1(6)7/h1-14,17,24H,15-16,18-20H2,(H,32,35)(H,33,40);(H,6,7). The molecule has 0 amide bonds. The van der Waals surface area contributed by atoms with E-state index in [1.807, 2.05) is 65.2 Å². The van der Waals surface area contributed by atoms with Gasteiger partial charge in [-0.05, 0) is 36.6 Å². The number of carboxylic acid groups (broad SMARTS) is 1. The first-order valence-electron chi connectivity index (χ1n) is 14.8. The molecule has 0 radical (unpaired) electrons. The highest BCUT2D eigenvalue weighted by molar-refractivity contribution is 5.78. The maximum atomic E-state index is 12.6. The number of rotatable bonds is 6. The first-order valence-corrected chi connectivity index (χ1v) is 14.8. The van der Waals surface area contributed by atoms with Crippen LogP contribution in [0, 0.1) is 0 Å².